The second-order valence-electron chi connectivity index (χ2n) is 6.79. The highest BCUT2D eigenvalue weighted by Gasteiger charge is 2.27. The van der Waals surface area contributed by atoms with Gasteiger partial charge in [0.05, 0.1) is 12.5 Å². The molecule has 0 bridgehead atoms. The predicted molar refractivity (Wildman–Crippen MR) is 102 cm³/mol. The first-order valence-electron chi connectivity index (χ1n) is 8.72. The van der Waals surface area contributed by atoms with E-state index in [-0.39, 0.29) is 30.8 Å². The molecule has 2 fully saturated rings. The van der Waals surface area contributed by atoms with Gasteiger partial charge in [0.25, 0.3) is 0 Å². The number of nitrogens with one attached hydrogen (secondary N) is 2. The molecule has 1 aromatic heterocycles. The second-order valence-corrected chi connectivity index (χ2v) is 7.77. The van der Waals surface area contributed by atoms with Crippen molar-refractivity contribution in [2.75, 3.05) is 19.6 Å². The molecule has 1 aliphatic carbocycles. The van der Waals surface area contributed by atoms with E-state index in [1.165, 1.54) is 24.2 Å². The zero-order chi connectivity index (χ0) is 16.9. The van der Waals surface area contributed by atoms with Crippen LogP contribution >= 0.6 is 23.7 Å². The van der Waals surface area contributed by atoms with E-state index < -0.39 is 6.03 Å². The van der Waals surface area contributed by atoms with E-state index in [0.717, 1.165) is 43.3 Å². The van der Waals surface area contributed by atoms with Crippen LogP contribution in [0, 0.1) is 5.92 Å². The highest BCUT2D eigenvalue weighted by Crippen LogP contribution is 2.28. The van der Waals surface area contributed by atoms with Crippen LogP contribution in [0.2, 0.25) is 0 Å². The first kappa shape index (κ1) is 20.0. The van der Waals surface area contributed by atoms with Crippen LogP contribution < -0.4 is 16.4 Å². The molecule has 0 spiro atoms. The standard InChI is InChI=1S/C17H26N4O2S.ClH/c18-17(23)20-14(15-2-1-9-24-15)10-16(22)21-7-5-13(6-8-21)19-11-12-3-4-12;/h1-2,9,12-14,19H,3-8,10-11H2,(H3,18,20,23);1H. The Labute approximate surface area is 158 Å². The number of likely N-dealkylation sites (tertiary alicyclic amines) is 1. The number of primary amides is 1. The largest absolute Gasteiger partial charge is 0.352 e. The van der Waals surface area contributed by atoms with E-state index in [4.69, 9.17) is 5.73 Å². The average Bonchev–Trinajstić information content (AvgIpc) is 3.23. The number of hydrogen-bond acceptors (Lipinski definition) is 4. The summed E-state index contributed by atoms with van der Waals surface area (Å²) in [7, 11) is 0. The molecule has 1 atom stereocenters. The van der Waals surface area contributed by atoms with Crippen molar-refractivity contribution in [2.45, 2.75) is 44.2 Å². The summed E-state index contributed by atoms with van der Waals surface area (Å²) < 4.78 is 0. The predicted octanol–water partition coefficient (Wildman–Crippen LogP) is 2.26. The average molecular weight is 387 g/mol. The summed E-state index contributed by atoms with van der Waals surface area (Å²) in [4.78, 5) is 26.7. The zero-order valence-corrected chi connectivity index (χ0v) is 15.9. The van der Waals surface area contributed by atoms with Crippen molar-refractivity contribution < 1.29 is 9.59 Å². The first-order chi connectivity index (χ1) is 11.6. The number of amides is 3. The fourth-order valence-electron chi connectivity index (χ4n) is 3.18. The Kier molecular flexibility index (Phi) is 7.53. The van der Waals surface area contributed by atoms with Crippen LogP contribution in [0.3, 0.4) is 0 Å². The summed E-state index contributed by atoms with van der Waals surface area (Å²) in [6, 6.07) is 3.44. The fraction of sp³-hybridized carbons (Fsp3) is 0.647. The summed E-state index contributed by atoms with van der Waals surface area (Å²) in [5.41, 5.74) is 5.26. The van der Waals surface area contributed by atoms with Crippen molar-refractivity contribution in [2.24, 2.45) is 11.7 Å². The molecule has 2 heterocycles. The van der Waals surface area contributed by atoms with Crippen LogP contribution in [0.5, 0.6) is 0 Å². The third kappa shape index (κ3) is 6.17. The van der Waals surface area contributed by atoms with E-state index in [1.807, 2.05) is 22.4 Å². The van der Waals surface area contributed by atoms with Gasteiger partial charge in [0, 0.05) is 24.0 Å². The molecule has 0 radical (unpaired) electrons. The van der Waals surface area contributed by atoms with Gasteiger partial charge in [-0.1, -0.05) is 6.07 Å². The molecule has 1 aliphatic heterocycles. The van der Waals surface area contributed by atoms with E-state index in [1.54, 1.807) is 0 Å². The third-order valence-corrected chi connectivity index (χ3v) is 5.81. The summed E-state index contributed by atoms with van der Waals surface area (Å²) in [6.45, 7) is 2.70. The first-order valence-corrected chi connectivity index (χ1v) is 9.60. The van der Waals surface area contributed by atoms with Gasteiger partial charge < -0.3 is 21.3 Å². The molecule has 25 heavy (non-hydrogen) atoms. The van der Waals surface area contributed by atoms with Gasteiger partial charge in [0.15, 0.2) is 0 Å². The van der Waals surface area contributed by atoms with Gasteiger partial charge in [-0.2, -0.15) is 0 Å². The second kappa shape index (κ2) is 9.40. The maximum absolute atomic E-state index is 12.6. The van der Waals surface area contributed by atoms with Gasteiger partial charge in [0.1, 0.15) is 0 Å². The van der Waals surface area contributed by atoms with Gasteiger partial charge in [-0.05, 0) is 49.6 Å². The number of urea groups is 1. The van der Waals surface area contributed by atoms with Crippen LogP contribution in [-0.2, 0) is 4.79 Å². The number of halogens is 1. The van der Waals surface area contributed by atoms with E-state index in [9.17, 15) is 9.59 Å². The van der Waals surface area contributed by atoms with Crippen molar-refractivity contribution in [3.63, 3.8) is 0 Å². The summed E-state index contributed by atoms with van der Waals surface area (Å²) in [5, 5.41) is 8.25. The van der Waals surface area contributed by atoms with Gasteiger partial charge in [-0.15, -0.1) is 23.7 Å². The number of rotatable bonds is 7. The molecule has 1 aromatic rings. The molecular formula is C17H27ClN4O2S. The molecule has 3 amide bonds. The Morgan fingerprint density at radius 2 is 2.00 bits per heavy atom. The molecule has 1 saturated heterocycles. The Morgan fingerprint density at radius 3 is 2.56 bits per heavy atom. The van der Waals surface area contributed by atoms with Gasteiger partial charge in [0.2, 0.25) is 5.91 Å². The lowest BCUT2D eigenvalue weighted by Crippen LogP contribution is -2.46. The van der Waals surface area contributed by atoms with Crippen LogP contribution in [0.1, 0.15) is 43.0 Å². The van der Waals surface area contributed by atoms with Crippen LogP contribution in [0.15, 0.2) is 17.5 Å². The van der Waals surface area contributed by atoms with E-state index in [2.05, 4.69) is 10.6 Å². The van der Waals surface area contributed by atoms with Gasteiger partial charge in [-0.3, -0.25) is 4.79 Å². The lowest BCUT2D eigenvalue weighted by molar-refractivity contribution is -0.132. The van der Waals surface area contributed by atoms with E-state index in [0.29, 0.717) is 6.04 Å². The number of piperidine rings is 1. The zero-order valence-electron chi connectivity index (χ0n) is 14.3. The highest BCUT2D eigenvalue weighted by atomic mass is 35.5. The molecule has 3 rings (SSSR count). The SMILES string of the molecule is Cl.NC(=O)NC(CC(=O)N1CCC(NCC2CC2)CC1)c1cccs1. The molecule has 2 aliphatic rings. The van der Waals surface area contributed by atoms with Crippen LogP contribution in [-0.4, -0.2) is 42.5 Å². The summed E-state index contributed by atoms with van der Waals surface area (Å²) in [5.74, 6) is 0.971. The maximum atomic E-state index is 12.6. The lowest BCUT2D eigenvalue weighted by atomic mass is 10.0. The quantitative estimate of drug-likeness (QED) is 0.671. The van der Waals surface area contributed by atoms with Crippen molar-refractivity contribution in [3.05, 3.63) is 22.4 Å². The number of nitrogens with two attached hydrogens (primary N) is 1. The number of carbonyl (C=O) groups is 2. The Bertz CT molecular complexity index is 557. The number of carbonyl (C=O) groups excluding carboxylic acids is 2. The molecule has 1 saturated carbocycles. The molecule has 4 N–H and O–H groups in total. The van der Waals surface area contributed by atoms with Crippen molar-refractivity contribution >= 4 is 35.7 Å². The Hall–Kier alpha value is -1.31. The lowest BCUT2D eigenvalue weighted by Gasteiger charge is -2.33. The fourth-order valence-corrected chi connectivity index (χ4v) is 3.95. The third-order valence-electron chi connectivity index (χ3n) is 4.82. The normalized spacial score (nSPS) is 19.1. The van der Waals surface area contributed by atoms with Gasteiger partial charge >= 0.3 is 6.03 Å². The highest BCUT2D eigenvalue weighted by molar-refractivity contribution is 7.10. The minimum absolute atomic E-state index is 0. The molecule has 1 unspecified atom stereocenters. The molecule has 0 aromatic carbocycles. The monoisotopic (exact) mass is 386 g/mol. The number of thiophene rings is 1. The summed E-state index contributed by atoms with van der Waals surface area (Å²) >= 11 is 1.53. The minimum atomic E-state index is -0.593. The Morgan fingerprint density at radius 1 is 1.28 bits per heavy atom. The number of hydrogen-bond donors (Lipinski definition) is 3. The van der Waals surface area contributed by atoms with Crippen molar-refractivity contribution in [3.8, 4) is 0 Å². The number of nitrogens with zero attached hydrogens (tertiary/aromatic N) is 1. The maximum Gasteiger partial charge on any atom is 0.312 e. The van der Waals surface area contributed by atoms with Crippen LogP contribution in [0.25, 0.3) is 0 Å². The van der Waals surface area contributed by atoms with Crippen molar-refractivity contribution in [1.29, 1.82) is 0 Å². The summed E-state index contributed by atoms with van der Waals surface area (Å²) in [6.07, 6.45) is 5.00. The van der Waals surface area contributed by atoms with Crippen LogP contribution in [0.4, 0.5) is 4.79 Å². The molecular weight excluding hydrogens is 360 g/mol. The molecule has 8 heteroatoms. The van der Waals surface area contributed by atoms with E-state index >= 15 is 0 Å². The smallest absolute Gasteiger partial charge is 0.312 e. The molecule has 6 nitrogen and oxygen atoms in total. The van der Waals surface area contributed by atoms with Crippen molar-refractivity contribution in [1.82, 2.24) is 15.5 Å². The Balaban J connectivity index is 0.00000225. The topological polar surface area (TPSA) is 87.5 Å². The van der Waals surface area contributed by atoms with Gasteiger partial charge in [-0.25, -0.2) is 4.79 Å². The molecule has 140 valence electrons. The minimum Gasteiger partial charge on any atom is -0.352 e.